The van der Waals surface area contributed by atoms with Gasteiger partial charge >= 0.3 is 0 Å². The minimum Gasteiger partial charge on any atom is -0.364 e. The van der Waals surface area contributed by atoms with Crippen molar-refractivity contribution < 1.29 is 9.18 Å². The molecule has 0 radical (unpaired) electrons. The number of pyridine rings is 1. The number of benzene rings is 1. The number of amides is 1. The van der Waals surface area contributed by atoms with Gasteiger partial charge in [0.1, 0.15) is 22.5 Å². The molecule has 3 rings (SSSR count). The Bertz CT molecular complexity index is 802. The van der Waals surface area contributed by atoms with Gasteiger partial charge in [-0.15, -0.1) is 0 Å². The zero-order chi connectivity index (χ0) is 14.1. The van der Waals surface area contributed by atoms with Crippen molar-refractivity contribution in [3.63, 3.8) is 0 Å². The highest BCUT2D eigenvalue weighted by Crippen LogP contribution is 2.25. The third-order valence-electron chi connectivity index (χ3n) is 2.86. The summed E-state index contributed by atoms with van der Waals surface area (Å²) >= 11 is 0. The van der Waals surface area contributed by atoms with E-state index in [2.05, 4.69) is 15.0 Å². The number of hydrogen-bond acceptors (Lipinski definition) is 4. The first-order valence-electron chi connectivity index (χ1n) is 5.81. The molecule has 0 atom stereocenters. The average molecular weight is 268 g/mol. The topological polar surface area (TPSA) is 81.8 Å². The molecule has 0 bridgehead atoms. The summed E-state index contributed by atoms with van der Waals surface area (Å²) in [6, 6.07) is 5.92. The molecule has 20 heavy (non-hydrogen) atoms. The molecule has 0 saturated carbocycles. The molecule has 1 aromatic carbocycles. The van der Waals surface area contributed by atoms with E-state index in [1.807, 2.05) is 0 Å². The Balaban J connectivity index is 2.26. The highest BCUT2D eigenvalue weighted by Gasteiger charge is 2.10. The predicted octanol–water partition coefficient (Wildman–Crippen LogP) is 1.93. The van der Waals surface area contributed by atoms with Gasteiger partial charge in [-0.25, -0.2) is 9.37 Å². The zero-order valence-electron chi connectivity index (χ0n) is 10.2. The number of carbonyl (C=O) groups is 1. The summed E-state index contributed by atoms with van der Waals surface area (Å²) in [6.45, 7) is 0. The van der Waals surface area contributed by atoms with Crippen molar-refractivity contribution in [3.05, 3.63) is 54.4 Å². The first-order valence-corrected chi connectivity index (χ1v) is 5.81. The smallest absolute Gasteiger partial charge is 0.268 e. The Morgan fingerprint density at radius 3 is 2.55 bits per heavy atom. The van der Waals surface area contributed by atoms with E-state index in [-0.39, 0.29) is 11.5 Å². The summed E-state index contributed by atoms with van der Waals surface area (Å²) in [7, 11) is 0. The molecule has 2 aromatic heterocycles. The van der Waals surface area contributed by atoms with Crippen LogP contribution in [-0.4, -0.2) is 20.9 Å². The lowest BCUT2D eigenvalue weighted by atomic mass is 10.1. The van der Waals surface area contributed by atoms with E-state index in [1.54, 1.807) is 24.5 Å². The highest BCUT2D eigenvalue weighted by atomic mass is 19.1. The second kappa shape index (κ2) is 4.65. The van der Waals surface area contributed by atoms with E-state index in [9.17, 15) is 9.18 Å². The van der Waals surface area contributed by atoms with Crippen molar-refractivity contribution in [3.8, 4) is 11.1 Å². The third-order valence-corrected chi connectivity index (χ3v) is 2.86. The van der Waals surface area contributed by atoms with Crippen LogP contribution in [0.1, 0.15) is 10.5 Å². The van der Waals surface area contributed by atoms with Gasteiger partial charge < -0.3 is 5.73 Å². The first kappa shape index (κ1) is 12.2. The summed E-state index contributed by atoms with van der Waals surface area (Å²) in [5, 5.41) is 0. The number of nitrogens with zero attached hydrogens (tertiary/aromatic N) is 3. The Hall–Kier alpha value is -2.89. The summed E-state index contributed by atoms with van der Waals surface area (Å²) in [4.78, 5) is 23.6. The average Bonchev–Trinajstić information content (AvgIpc) is 2.47. The van der Waals surface area contributed by atoms with E-state index in [1.165, 1.54) is 18.3 Å². The quantitative estimate of drug-likeness (QED) is 0.769. The lowest BCUT2D eigenvalue weighted by Gasteiger charge is -2.05. The Morgan fingerprint density at radius 2 is 1.85 bits per heavy atom. The van der Waals surface area contributed by atoms with Gasteiger partial charge in [-0.2, -0.15) is 0 Å². The van der Waals surface area contributed by atoms with Gasteiger partial charge in [-0.05, 0) is 17.7 Å². The minimum atomic E-state index is -0.652. The monoisotopic (exact) mass is 268 g/mol. The molecule has 2 N–H and O–H groups in total. The molecule has 0 spiro atoms. The van der Waals surface area contributed by atoms with Crippen LogP contribution in [0.2, 0.25) is 0 Å². The van der Waals surface area contributed by atoms with Crippen LogP contribution in [0.3, 0.4) is 0 Å². The number of aromatic nitrogens is 3. The SMILES string of the molecule is NC(=O)c1cnc2cncc(-c3ccc(F)cc3)c2n1. The number of halogens is 1. The molecule has 1 amide bonds. The summed E-state index contributed by atoms with van der Waals surface area (Å²) < 4.78 is 13.0. The van der Waals surface area contributed by atoms with Gasteiger partial charge in [0, 0.05) is 11.8 Å². The largest absolute Gasteiger partial charge is 0.364 e. The molecular formula is C14H9FN4O. The maximum atomic E-state index is 13.0. The molecule has 3 aromatic rings. The molecule has 5 nitrogen and oxygen atoms in total. The van der Waals surface area contributed by atoms with Crippen molar-refractivity contribution in [1.82, 2.24) is 15.0 Å². The number of carbonyl (C=O) groups excluding carboxylic acids is 1. The minimum absolute atomic E-state index is 0.0760. The fraction of sp³-hybridized carbons (Fsp3) is 0. The van der Waals surface area contributed by atoms with Crippen LogP contribution in [0.25, 0.3) is 22.2 Å². The highest BCUT2D eigenvalue weighted by molar-refractivity contribution is 5.95. The van der Waals surface area contributed by atoms with Crippen molar-refractivity contribution in [2.45, 2.75) is 0 Å². The van der Waals surface area contributed by atoms with Gasteiger partial charge in [0.05, 0.1) is 12.4 Å². The van der Waals surface area contributed by atoms with Gasteiger partial charge in [-0.1, -0.05) is 12.1 Å². The molecule has 0 unspecified atom stereocenters. The maximum Gasteiger partial charge on any atom is 0.268 e. The fourth-order valence-corrected chi connectivity index (χ4v) is 1.89. The fourth-order valence-electron chi connectivity index (χ4n) is 1.89. The van der Waals surface area contributed by atoms with Crippen LogP contribution >= 0.6 is 0 Å². The Morgan fingerprint density at radius 1 is 1.10 bits per heavy atom. The molecular weight excluding hydrogens is 259 g/mol. The van der Waals surface area contributed by atoms with Crippen LogP contribution in [0.15, 0.2) is 42.9 Å². The summed E-state index contributed by atoms with van der Waals surface area (Å²) in [6.07, 6.45) is 4.44. The number of primary amides is 1. The van der Waals surface area contributed by atoms with Crippen molar-refractivity contribution in [1.29, 1.82) is 0 Å². The summed E-state index contributed by atoms with van der Waals surface area (Å²) in [5.41, 5.74) is 7.73. The Kier molecular flexibility index (Phi) is 2.83. The van der Waals surface area contributed by atoms with E-state index < -0.39 is 5.91 Å². The molecule has 98 valence electrons. The maximum absolute atomic E-state index is 13.0. The lowest BCUT2D eigenvalue weighted by molar-refractivity contribution is 0.0995. The van der Waals surface area contributed by atoms with Gasteiger partial charge in [0.15, 0.2) is 0 Å². The van der Waals surface area contributed by atoms with Crippen LogP contribution in [0.5, 0.6) is 0 Å². The van der Waals surface area contributed by atoms with Crippen molar-refractivity contribution in [2.75, 3.05) is 0 Å². The molecule has 6 heteroatoms. The van der Waals surface area contributed by atoms with E-state index in [0.717, 1.165) is 5.56 Å². The predicted molar refractivity (Wildman–Crippen MR) is 71.2 cm³/mol. The van der Waals surface area contributed by atoms with Crippen LogP contribution in [-0.2, 0) is 0 Å². The van der Waals surface area contributed by atoms with Crippen LogP contribution < -0.4 is 5.73 Å². The van der Waals surface area contributed by atoms with E-state index in [4.69, 9.17) is 5.73 Å². The number of nitrogens with two attached hydrogens (primary N) is 1. The molecule has 2 heterocycles. The summed E-state index contributed by atoms with van der Waals surface area (Å²) in [5.74, 6) is -0.980. The van der Waals surface area contributed by atoms with E-state index in [0.29, 0.717) is 16.6 Å². The standard InChI is InChI=1S/C14H9FN4O/c15-9-3-1-8(2-4-9)10-5-17-6-11-13(10)19-12(7-18-11)14(16)20/h1-7H,(H2,16,20). The molecule has 0 saturated heterocycles. The number of fused-ring (bicyclic) bond motifs is 1. The van der Waals surface area contributed by atoms with Gasteiger partial charge in [-0.3, -0.25) is 14.8 Å². The Labute approximate surface area is 113 Å². The second-order valence-electron chi connectivity index (χ2n) is 4.18. The first-order chi connectivity index (χ1) is 9.65. The molecule has 0 aliphatic heterocycles. The van der Waals surface area contributed by atoms with E-state index >= 15 is 0 Å². The second-order valence-corrected chi connectivity index (χ2v) is 4.18. The lowest BCUT2D eigenvalue weighted by Crippen LogP contribution is -2.13. The molecule has 0 fully saturated rings. The van der Waals surface area contributed by atoms with Crippen LogP contribution in [0.4, 0.5) is 4.39 Å². The van der Waals surface area contributed by atoms with Crippen LogP contribution in [0, 0.1) is 5.82 Å². The molecule has 0 aliphatic carbocycles. The normalized spacial score (nSPS) is 10.7. The van der Waals surface area contributed by atoms with Crippen molar-refractivity contribution in [2.24, 2.45) is 5.73 Å². The number of rotatable bonds is 2. The molecule has 0 aliphatic rings. The van der Waals surface area contributed by atoms with Gasteiger partial charge in [0.25, 0.3) is 5.91 Å². The third kappa shape index (κ3) is 2.07. The zero-order valence-corrected chi connectivity index (χ0v) is 10.2. The van der Waals surface area contributed by atoms with Crippen molar-refractivity contribution >= 4 is 16.9 Å². The van der Waals surface area contributed by atoms with Gasteiger partial charge in [0.2, 0.25) is 0 Å². The number of hydrogen-bond donors (Lipinski definition) is 1.